The molecule has 316 valence electrons. The lowest BCUT2D eigenvalue weighted by Gasteiger charge is -2.12. The molecular weight excluding hydrogens is 851 g/mol. The summed E-state index contributed by atoms with van der Waals surface area (Å²) in [5.74, 6) is -1.44. The standard InChI is InChI=1S/C25H19F3O3S.C23H15F3O3S/c1-2-31-24(30)18-9-3-6-15(12-18)20-11-5-8-17-14-21(32-23(17)20)22(29)16-7-4-10-19(13-16)25(26,27)28;24-23(25,26)17-8-2-5-14(11-17)20(27)19-12-15-6-3-9-18(21(15)30-19)13-4-1-7-16(10-13)22(28)29/h3-14,22,29H,2H2,1H3;1-12,20,27H,(H,28,29). The second kappa shape index (κ2) is 18.0. The third-order valence-electron chi connectivity index (χ3n) is 9.83. The van der Waals surface area contributed by atoms with Gasteiger partial charge in [-0.3, -0.25) is 0 Å². The third kappa shape index (κ3) is 9.58. The summed E-state index contributed by atoms with van der Waals surface area (Å²) in [6.45, 7) is 2.02. The van der Waals surface area contributed by atoms with E-state index in [1.165, 1.54) is 53.0 Å². The number of hydrogen-bond acceptors (Lipinski definition) is 7. The van der Waals surface area contributed by atoms with Crippen molar-refractivity contribution in [2.24, 2.45) is 0 Å². The van der Waals surface area contributed by atoms with Crippen molar-refractivity contribution >= 4 is 54.8 Å². The maximum absolute atomic E-state index is 13.1. The van der Waals surface area contributed by atoms with E-state index in [9.17, 15) is 51.3 Å². The lowest BCUT2D eigenvalue weighted by molar-refractivity contribution is -0.138. The number of thiophene rings is 2. The number of carboxylic acids is 1. The fourth-order valence-electron chi connectivity index (χ4n) is 6.84. The zero-order valence-electron chi connectivity index (χ0n) is 32.4. The smallest absolute Gasteiger partial charge is 0.416 e. The van der Waals surface area contributed by atoms with Gasteiger partial charge in [0.1, 0.15) is 12.2 Å². The van der Waals surface area contributed by atoms with E-state index < -0.39 is 47.6 Å². The molecule has 0 saturated heterocycles. The van der Waals surface area contributed by atoms with Crippen molar-refractivity contribution < 1.29 is 56.0 Å². The number of alkyl halides is 6. The molecule has 0 spiro atoms. The summed E-state index contributed by atoms with van der Waals surface area (Å²) >= 11 is 2.58. The Bertz CT molecular complexity index is 2910. The van der Waals surface area contributed by atoms with Crippen molar-refractivity contribution in [2.45, 2.75) is 31.5 Å². The van der Waals surface area contributed by atoms with Crippen LogP contribution in [0.15, 0.2) is 146 Å². The van der Waals surface area contributed by atoms with Crippen LogP contribution in [-0.2, 0) is 17.1 Å². The number of rotatable bonds is 9. The first kappa shape index (κ1) is 43.8. The molecule has 0 amide bonds. The summed E-state index contributed by atoms with van der Waals surface area (Å²) < 4.78 is 85.0. The Labute approximate surface area is 358 Å². The minimum absolute atomic E-state index is 0.158. The molecule has 0 saturated carbocycles. The Kier molecular flexibility index (Phi) is 12.7. The molecule has 0 radical (unpaired) electrons. The van der Waals surface area contributed by atoms with E-state index in [1.54, 1.807) is 55.5 Å². The van der Waals surface area contributed by atoms with E-state index in [0.29, 0.717) is 20.9 Å². The number of fused-ring (bicyclic) bond motifs is 2. The Hall–Kier alpha value is -6.32. The fourth-order valence-corrected chi connectivity index (χ4v) is 9.26. The highest BCUT2D eigenvalue weighted by atomic mass is 32.1. The van der Waals surface area contributed by atoms with Gasteiger partial charge >= 0.3 is 24.3 Å². The van der Waals surface area contributed by atoms with Crippen LogP contribution in [-0.4, -0.2) is 33.9 Å². The van der Waals surface area contributed by atoms with Crippen LogP contribution < -0.4 is 0 Å². The second-order valence-electron chi connectivity index (χ2n) is 14.0. The van der Waals surface area contributed by atoms with Crippen LogP contribution in [0.25, 0.3) is 42.4 Å². The van der Waals surface area contributed by atoms with Crippen LogP contribution in [0.1, 0.15) is 71.9 Å². The number of ether oxygens (including phenoxy) is 1. The van der Waals surface area contributed by atoms with Gasteiger partial charge in [-0.15, -0.1) is 22.7 Å². The number of aliphatic hydroxyl groups is 2. The molecule has 2 atom stereocenters. The van der Waals surface area contributed by atoms with Crippen molar-refractivity contribution in [3.63, 3.8) is 0 Å². The predicted octanol–water partition coefficient (Wildman–Crippen LogP) is 13.2. The van der Waals surface area contributed by atoms with Gasteiger partial charge in [0.05, 0.1) is 28.9 Å². The number of carbonyl (C=O) groups is 2. The highest BCUT2D eigenvalue weighted by molar-refractivity contribution is 7.20. The molecule has 8 rings (SSSR count). The van der Waals surface area contributed by atoms with Crippen LogP contribution >= 0.6 is 22.7 Å². The van der Waals surface area contributed by atoms with Gasteiger partial charge in [0.25, 0.3) is 0 Å². The first-order valence-electron chi connectivity index (χ1n) is 18.9. The van der Waals surface area contributed by atoms with Crippen LogP contribution in [0.4, 0.5) is 26.3 Å². The quantitative estimate of drug-likeness (QED) is 0.0985. The number of aliphatic hydroxyl groups excluding tert-OH is 2. The van der Waals surface area contributed by atoms with Crippen LogP contribution in [0, 0.1) is 0 Å². The van der Waals surface area contributed by atoms with Crippen molar-refractivity contribution in [3.05, 3.63) is 189 Å². The van der Waals surface area contributed by atoms with E-state index in [4.69, 9.17) is 4.74 Å². The van der Waals surface area contributed by atoms with E-state index in [2.05, 4.69) is 0 Å². The number of hydrogen-bond donors (Lipinski definition) is 3. The molecule has 6 aromatic carbocycles. The molecule has 2 heterocycles. The van der Waals surface area contributed by atoms with Gasteiger partial charge in [-0.05, 0) is 112 Å². The molecular formula is C48H34F6O6S2. The summed E-state index contributed by atoms with van der Waals surface area (Å²) in [6, 6.07) is 37.7. The fraction of sp³-hybridized carbons (Fsp3) is 0.125. The summed E-state index contributed by atoms with van der Waals surface area (Å²) in [6.07, 6.45) is -11.4. The van der Waals surface area contributed by atoms with E-state index in [1.807, 2.05) is 42.5 Å². The average molecular weight is 885 g/mol. The molecule has 3 N–H and O–H groups in total. The number of benzene rings is 6. The topological polar surface area (TPSA) is 104 Å². The molecule has 0 aliphatic carbocycles. The first-order valence-corrected chi connectivity index (χ1v) is 20.5. The van der Waals surface area contributed by atoms with Crippen molar-refractivity contribution in [1.82, 2.24) is 0 Å². The van der Waals surface area contributed by atoms with Crippen LogP contribution in [0.2, 0.25) is 0 Å². The molecule has 6 nitrogen and oxygen atoms in total. The Morgan fingerprint density at radius 1 is 0.565 bits per heavy atom. The highest BCUT2D eigenvalue weighted by Gasteiger charge is 2.32. The lowest BCUT2D eigenvalue weighted by atomic mass is 10.0. The van der Waals surface area contributed by atoms with Crippen LogP contribution in [0.3, 0.4) is 0 Å². The molecule has 0 aliphatic heterocycles. The number of carbonyl (C=O) groups excluding carboxylic acids is 1. The Morgan fingerprint density at radius 2 is 0.984 bits per heavy atom. The lowest BCUT2D eigenvalue weighted by Crippen LogP contribution is -2.06. The van der Waals surface area contributed by atoms with E-state index in [-0.39, 0.29) is 23.3 Å². The molecule has 62 heavy (non-hydrogen) atoms. The molecule has 0 bridgehead atoms. The zero-order chi connectivity index (χ0) is 44.3. The van der Waals surface area contributed by atoms with E-state index >= 15 is 0 Å². The molecule has 2 unspecified atom stereocenters. The molecule has 2 aromatic heterocycles. The van der Waals surface area contributed by atoms with Crippen molar-refractivity contribution in [2.75, 3.05) is 6.61 Å². The van der Waals surface area contributed by atoms with Gasteiger partial charge in [-0.2, -0.15) is 26.3 Å². The van der Waals surface area contributed by atoms with Gasteiger partial charge < -0.3 is 20.1 Å². The first-order chi connectivity index (χ1) is 29.5. The maximum atomic E-state index is 13.1. The number of halogens is 6. The Morgan fingerprint density at radius 3 is 1.42 bits per heavy atom. The monoisotopic (exact) mass is 884 g/mol. The number of esters is 1. The molecule has 0 fully saturated rings. The van der Waals surface area contributed by atoms with E-state index in [0.717, 1.165) is 61.1 Å². The highest BCUT2D eigenvalue weighted by Crippen LogP contribution is 2.42. The number of aromatic carboxylic acids is 1. The Balaban J connectivity index is 0.000000187. The van der Waals surface area contributed by atoms with Gasteiger partial charge in [0, 0.05) is 19.2 Å². The minimum atomic E-state index is -4.49. The predicted molar refractivity (Wildman–Crippen MR) is 228 cm³/mol. The largest absolute Gasteiger partial charge is 0.478 e. The van der Waals surface area contributed by atoms with Gasteiger partial charge in [0.2, 0.25) is 0 Å². The SMILES string of the molecule is CCOC(=O)c1cccc(-c2cccc3cc(C(O)c4cccc(C(F)(F)F)c4)sc23)c1.O=C(O)c1cccc(-c2cccc3cc(C(O)c4cccc(C(F)(F)F)c4)sc23)c1. The normalized spacial score (nSPS) is 12.7. The van der Waals surface area contributed by atoms with Crippen molar-refractivity contribution in [1.29, 1.82) is 0 Å². The minimum Gasteiger partial charge on any atom is -0.478 e. The second-order valence-corrected chi connectivity index (χ2v) is 16.2. The van der Waals surface area contributed by atoms with Crippen molar-refractivity contribution in [3.8, 4) is 22.3 Å². The molecule has 14 heteroatoms. The third-order valence-corrected chi connectivity index (χ3v) is 12.3. The summed E-state index contributed by atoms with van der Waals surface area (Å²) in [5, 5.41) is 32.4. The number of carboxylic acid groups (broad SMARTS) is 1. The maximum Gasteiger partial charge on any atom is 0.416 e. The summed E-state index contributed by atoms with van der Waals surface area (Å²) in [5.41, 5.74) is 2.49. The van der Waals surface area contributed by atoms with Gasteiger partial charge in [-0.25, -0.2) is 9.59 Å². The average Bonchev–Trinajstić information content (AvgIpc) is 3.91. The van der Waals surface area contributed by atoms with Crippen LogP contribution in [0.5, 0.6) is 0 Å². The molecule has 0 aliphatic rings. The summed E-state index contributed by atoms with van der Waals surface area (Å²) in [7, 11) is 0. The van der Waals surface area contributed by atoms with Gasteiger partial charge in [0.15, 0.2) is 0 Å². The summed E-state index contributed by atoms with van der Waals surface area (Å²) in [4.78, 5) is 24.4. The van der Waals surface area contributed by atoms with Gasteiger partial charge in [-0.1, -0.05) is 84.9 Å². The molecule has 8 aromatic rings. The zero-order valence-corrected chi connectivity index (χ0v) is 34.0.